The number of rotatable bonds is 4. The molecule has 1 aromatic rings. The van der Waals surface area contributed by atoms with Gasteiger partial charge >= 0.3 is 0 Å². The number of nitrogens with zero attached hydrogens (tertiary/aromatic N) is 2. The Morgan fingerprint density at radius 2 is 1.92 bits per heavy atom. The molecule has 3 fully saturated rings. The van der Waals surface area contributed by atoms with Crippen LogP contribution in [0.25, 0.3) is 0 Å². The molecule has 2 unspecified atom stereocenters. The molecule has 4 atom stereocenters. The van der Waals surface area contributed by atoms with Crippen LogP contribution in [0.15, 0.2) is 30.3 Å². The molecule has 4 rings (SSSR count). The summed E-state index contributed by atoms with van der Waals surface area (Å²) >= 11 is 0. The quantitative estimate of drug-likeness (QED) is 0.824. The highest BCUT2D eigenvalue weighted by atomic mass is 16.5. The van der Waals surface area contributed by atoms with E-state index < -0.39 is 0 Å². The molecule has 0 bridgehead atoms. The summed E-state index contributed by atoms with van der Waals surface area (Å²) in [7, 11) is 2.33. The van der Waals surface area contributed by atoms with Crippen LogP contribution in [0.2, 0.25) is 0 Å². The molecule has 0 aromatic heterocycles. The van der Waals surface area contributed by atoms with Gasteiger partial charge in [0.2, 0.25) is 0 Å². The van der Waals surface area contributed by atoms with E-state index in [9.17, 15) is 0 Å². The molecule has 1 aliphatic carbocycles. The Morgan fingerprint density at radius 1 is 1.16 bits per heavy atom. The maximum Gasteiger partial charge on any atom is 0.0702 e. The van der Waals surface area contributed by atoms with Gasteiger partial charge in [0.05, 0.1) is 5.60 Å². The third-order valence-corrected chi connectivity index (χ3v) is 6.77. The maximum atomic E-state index is 6.38. The predicted molar refractivity (Wildman–Crippen MR) is 103 cm³/mol. The van der Waals surface area contributed by atoms with Crippen LogP contribution >= 0.6 is 0 Å². The molecule has 0 N–H and O–H groups in total. The largest absolute Gasteiger partial charge is 0.375 e. The predicted octanol–water partition coefficient (Wildman–Crippen LogP) is 3.93. The SMILES string of the molecule is CC1CO[C@]2(CCC(N(C)Cc3ccccc3)[C@@H](N3CCCC3)C2)C1. The summed E-state index contributed by atoms with van der Waals surface area (Å²) in [4.78, 5) is 5.39. The number of benzene rings is 1. The lowest BCUT2D eigenvalue weighted by molar-refractivity contribution is -0.0733. The molecule has 25 heavy (non-hydrogen) atoms. The standard InChI is InChI=1S/C22H34N2O/c1-18-14-22(25-17-18)11-10-20(21(15-22)24-12-6-7-13-24)23(2)16-19-8-4-3-5-9-19/h3-5,8-9,18,20-21H,6-7,10-17H2,1-2H3/t18?,20?,21-,22+/m0/s1. The number of hydrogen-bond acceptors (Lipinski definition) is 3. The van der Waals surface area contributed by atoms with E-state index in [4.69, 9.17) is 4.74 Å². The van der Waals surface area contributed by atoms with Gasteiger partial charge in [-0.25, -0.2) is 0 Å². The Kier molecular flexibility index (Phi) is 5.17. The smallest absolute Gasteiger partial charge is 0.0702 e. The summed E-state index contributed by atoms with van der Waals surface area (Å²) in [6.45, 7) is 6.95. The molecule has 0 radical (unpaired) electrons. The lowest BCUT2D eigenvalue weighted by Gasteiger charge is -2.48. The normalized spacial score (nSPS) is 36.5. The highest BCUT2D eigenvalue weighted by Gasteiger charge is 2.48. The minimum Gasteiger partial charge on any atom is -0.375 e. The van der Waals surface area contributed by atoms with Crippen LogP contribution in [0.3, 0.4) is 0 Å². The van der Waals surface area contributed by atoms with Crippen LogP contribution in [0, 0.1) is 5.92 Å². The Hall–Kier alpha value is -0.900. The molecule has 2 heterocycles. The zero-order valence-electron chi connectivity index (χ0n) is 16.0. The topological polar surface area (TPSA) is 15.7 Å². The van der Waals surface area contributed by atoms with Gasteiger partial charge < -0.3 is 4.74 Å². The summed E-state index contributed by atoms with van der Waals surface area (Å²) in [6, 6.07) is 12.3. The summed E-state index contributed by atoms with van der Waals surface area (Å²) in [5.74, 6) is 0.734. The van der Waals surface area contributed by atoms with Crippen LogP contribution < -0.4 is 0 Å². The van der Waals surface area contributed by atoms with Gasteiger partial charge in [-0.1, -0.05) is 37.3 Å². The van der Waals surface area contributed by atoms with Crippen molar-refractivity contribution < 1.29 is 4.74 Å². The van der Waals surface area contributed by atoms with E-state index in [1.807, 2.05) is 0 Å². The van der Waals surface area contributed by atoms with Crippen LogP contribution in [0.1, 0.15) is 51.0 Å². The second-order valence-electron chi connectivity index (χ2n) is 8.82. The number of hydrogen-bond donors (Lipinski definition) is 0. The Balaban J connectivity index is 1.49. The summed E-state index contributed by atoms with van der Waals surface area (Å²) in [5.41, 5.74) is 1.60. The van der Waals surface area contributed by atoms with Crippen molar-refractivity contribution in [2.45, 2.75) is 69.7 Å². The molecule has 2 aliphatic heterocycles. The zero-order chi connectivity index (χ0) is 17.3. The monoisotopic (exact) mass is 342 g/mol. The minimum absolute atomic E-state index is 0.177. The third-order valence-electron chi connectivity index (χ3n) is 6.77. The van der Waals surface area contributed by atoms with Crippen molar-refractivity contribution in [2.75, 3.05) is 26.7 Å². The first-order valence-corrected chi connectivity index (χ1v) is 10.3. The van der Waals surface area contributed by atoms with Gasteiger partial charge in [-0.2, -0.15) is 0 Å². The molecule has 1 saturated carbocycles. The van der Waals surface area contributed by atoms with Crippen LogP contribution in [-0.4, -0.2) is 54.2 Å². The van der Waals surface area contributed by atoms with Crippen molar-refractivity contribution in [3.63, 3.8) is 0 Å². The maximum absolute atomic E-state index is 6.38. The first-order chi connectivity index (χ1) is 12.2. The third kappa shape index (κ3) is 3.79. The van der Waals surface area contributed by atoms with E-state index in [0.717, 1.165) is 19.1 Å². The van der Waals surface area contributed by atoms with Crippen LogP contribution in [-0.2, 0) is 11.3 Å². The van der Waals surface area contributed by atoms with Crippen molar-refractivity contribution in [3.05, 3.63) is 35.9 Å². The molecular weight excluding hydrogens is 308 g/mol. The lowest BCUT2D eigenvalue weighted by atomic mass is 9.75. The van der Waals surface area contributed by atoms with Gasteiger partial charge in [0, 0.05) is 25.2 Å². The fourth-order valence-electron chi connectivity index (χ4n) is 5.56. The minimum atomic E-state index is 0.177. The molecule has 138 valence electrons. The molecule has 2 saturated heterocycles. The first kappa shape index (κ1) is 17.5. The van der Waals surface area contributed by atoms with Gasteiger partial charge in [0.1, 0.15) is 0 Å². The van der Waals surface area contributed by atoms with E-state index in [1.165, 1.54) is 57.2 Å². The van der Waals surface area contributed by atoms with Crippen molar-refractivity contribution in [3.8, 4) is 0 Å². The summed E-state index contributed by atoms with van der Waals surface area (Å²) in [5, 5.41) is 0. The highest BCUT2D eigenvalue weighted by molar-refractivity contribution is 5.15. The van der Waals surface area contributed by atoms with E-state index >= 15 is 0 Å². The van der Waals surface area contributed by atoms with Crippen molar-refractivity contribution in [1.29, 1.82) is 0 Å². The van der Waals surface area contributed by atoms with E-state index in [2.05, 4.69) is 54.1 Å². The van der Waals surface area contributed by atoms with Crippen molar-refractivity contribution >= 4 is 0 Å². The van der Waals surface area contributed by atoms with Crippen LogP contribution in [0.4, 0.5) is 0 Å². The Labute approximate surface area is 153 Å². The molecule has 0 amide bonds. The fourth-order valence-corrected chi connectivity index (χ4v) is 5.56. The summed E-state index contributed by atoms with van der Waals surface area (Å²) < 4.78 is 6.38. The Morgan fingerprint density at radius 3 is 2.60 bits per heavy atom. The van der Waals surface area contributed by atoms with Gasteiger partial charge in [-0.15, -0.1) is 0 Å². The molecule has 1 aromatic carbocycles. The van der Waals surface area contributed by atoms with Gasteiger partial charge in [-0.05, 0) is 70.1 Å². The lowest BCUT2D eigenvalue weighted by Crippen LogP contribution is -2.56. The number of likely N-dealkylation sites (N-methyl/N-ethyl adjacent to an activating group) is 1. The molecule has 3 heteroatoms. The van der Waals surface area contributed by atoms with E-state index in [1.54, 1.807) is 0 Å². The molecular formula is C22H34N2O. The second kappa shape index (κ2) is 7.38. The zero-order valence-corrected chi connectivity index (χ0v) is 16.0. The molecule has 3 nitrogen and oxygen atoms in total. The van der Waals surface area contributed by atoms with Gasteiger partial charge in [0.15, 0.2) is 0 Å². The molecule has 3 aliphatic rings. The highest BCUT2D eigenvalue weighted by Crippen LogP contribution is 2.44. The van der Waals surface area contributed by atoms with E-state index in [-0.39, 0.29) is 5.60 Å². The van der Waals surface area contributed by atoms with Gasteiger partial charge in [-0.3, -0.25) is 9.80 Å². The average molecular weight is 343 g/mol. The number of likely N-dealkylation sites (tertiary alicyclic amines) is 1. The van der Waals surface area contributed by atoms with Crippen molar-refractivity contribution in [1.82, 2.24) is 9.80 Å². The van der Waals surface area contributed by atoms with Gasteiger partial charge in [0.25, 0.3) is 0 Å². The van der Waals surface area contributed by atoms with Crippen molar-refractivity contribution in [2.24, 2.45) is 5.92 Å². The molecule has 1 spiro atoms. The Bertz CT molecular complexity index is 556. The first-order valence-electron chi connectivity index (χ1n) is 10.3. The van der Waals surface area contributed by atoms with E-state index in [0.29, 0.717) is 12.1 Å². The number of ether oxygens (including phenoxy) is 1. The summed E-state index contributed by atoms with van der Waals surface area (Å²) in [6.07, 6.45) is 7.77. The van der Waals surface area contributed by atoms with Crippen LogP contribution in [0.5, 0.6) is 0 Å². The second-order valence-corrected chi connectivity index (χ2v) is 8.82. The fraction of sp³-hybridized carbons (Fsp3) is 0.727. The average Bonchev–Trinajstić information content (AvgIpc) is 3.26.